The van der Waals surface area contributed by atoms with E-state index < -0.39 is 11.7 Å². The van der Waals surface area contributed by atoms with E-state index in [0.717, 1.165) is 0 Å². The molecule has 0 saturated heterocycles. The molecular weight excluding hydrogens is 269 g/mol. The maximum absolute atomic E-state index is 13.7. The van der Waals surface area contributed by atoms with Crippen LogP contribution < -0.4 is 11.1 Å². The molecule has 4 nitrogen and oxygen atoms in total. The number of aromatic nitrogens is 1. The van der Waals surface area contributed by atoms with E-state index >= 15 is 0 Å². The molecule has 0 fully saturated rings. The number of nitrogens with one attached hydrogen (secondary N) is 1. The van der Waals surface area contributed by atoms with Gasteiger partial charge in [-0.1, -0.05) is 17.7 Å². The summed E-state index contributed by atoms with van der Waals surface area (Å²) in [5.74, 6) is -0.911. The Morgan fingerprint density at radius 3 is 2.84 bits per heavy atom. The van der Waals surface area contributed by atoms with Gasteiger partial charge in [0.1, 0.15) is 5.82 Å². The third-order valence-electron chi connectivity index (χ3n) is 2.44. The van der Waals surface area contributed by atoms with Gasteiger partial charge >= 0.3 is 0 Å². The van der Waals surface area contributed by atoms with Gasteiger partial charge in [0.2, 0.25) is 0 Å². The van der Waals surface area contributed by atoms with Crippen LogP contribution in [0.5, 0.6) is 0 Å². The van der Waals surface area contributed by atoms with Crippen molar-refractivity contribution >= 4 is 29.0 Å². The summed E-state index contributed by atoms with van der Waals surface area (Å²) in [4.78, 5) is 15.9. The average Bonchev–Trinajstić information content (AvgIpc) is 2.33. The minimum atomic E-state index is -0.670. The Bertz CT molecular complexity index is 626. The molecule has 1 heterocycles. The van der Waals surface area contributed by atoms with Crippen LogP contribution in [0.4, 0.5) is 15.9 Å². The summed E-state index contributed by atoms with van der Waals surface area (Å²) < 4.78 is 13.7. The molecule has 0 bridgehead atoms. The number of rotatable bonds is 2. The zero-order chi connectivity index (χ0) is 14.0. The molecule has 1 amide bonds. The van der Waals surface area contributed by atoms with Gasteiger partial charge in [0.15, 0.2) is 5.82 Å². The Morgan fingerprint density at radius 1 is 1.42 bits per heavy atom. The van der Waals surface area contributed by atoms with Crippen molar-refractivity contribution in [2.24, 2.45) is 0 Å². The van der Waals surface area contributed by atoms with Crippen molar-refractivity contribution < 1.29 is 9.18 Å². The molecule has 19 heavy (non-hydrogen) atoms. The highest BCUT2D eigenvalue weighted by atomic mass is 35.5. The van der Waals surface area contributed by atoms with Crippen LogP contribution in [0.1, 0.15) is 16.1 Å². The van der Waals surface area contributed by atoms with E-state index in [1.807, 2.05) is 0 Å². The van der Waals surface area contributed by atoms with Gasteiger partial charge in [0, 0.05) is 11.3 Å². The number of hydrogen-bond donors (Lipinski definition) is 2. The van der Waals surface area contributed by atoms with Crippen LogP contribution in [0.25, 0.3) is 0 Å². The smallest absolute Gasteiger partial charge is 0.255 e. The molecule has 1 aromatic carbocycles. The minimum absolute atomic E-state index is 0.0190. The predicted octanol–water partition coefficient (Wildman–Crippen LogP) is 3.02. The molecule has 0 atom stereocenters. The number of nitrogens with two attached hydrogens (primary N) is 1. The lowest BCUT2D eigenvalue weighted by Gasteiger charge is -2.08. The number of benzene rings is 1. The molecule has 0 radical (unpaired) electrons. The maximum atomic E-state index is 13.7. The van der Waals surface area contributed by atoms with E-state index in [0.29, 0.717) is 11.3 Å². The highest BCUT2D eigenvalue weighted by molar-refractivity contribution is 6.31. The lowest BCUT2D eigenvalue weighted by Crippen LogP contribution is -2.14. The number of amides is 1. The van der Waals surface area contributed by atoms with Gasteiger partial charge in [0.25, 0.3) is 5.91 Å². The van der Waals surface area contributed by atoms with Gasteiger partial charge in [0.05, 0.1) is 10.7 Å². The zero-order valence-corrected chi connectivity index (χ0v) is 10.8. The van der Waals surface area contributed by atoms with Crippen LogP contribution in [-0.2, 0) is 0 Å². The minimum Gasteiger partial charge on any atom is -0.384 e. The second-order valence-electron chi connectivity index (χ2n) is 3.98. The summed E-state index contributed by atoms with van der Waals surface area (Å²) in [6, 6.07) is 7.36. The van der Waals surface area contributed by atoms with Crippen LogP contribution in [0.15, 0.2) is 30.3 Å². The number of anilines is 2. The first-order valence-electron chi connectivity index (χ1n) is 5.47. The lowest BCUT2D eigenvalue weighted by molar-refractivity contribution is 0.102. The summed E-state index contributed by atoms with van der Waals surface area (Å²) >= 11 is 5.64. The molecule has 6 heteroatoms. The Labute approximate surface area is 114 Å². The van der Waals surface area contributed by atoms with E-state index in [2.05, 4.69) is 10.3 Å². The van der Waals surface area contributed by atoms with Gasteiger partial charge < -0.3 is 11.1 Å². The van der Waals surface area contributed by atoms with Gasteiger partial charge in [-0.3, -0.25) is 4.79 Å². The van der Waals surface area contributed by atoms with E-state index in [1.54, 1.807) is 19.1 Å². The Balaban J connectivity index is 2.28. The first-order valence-corrected chi connectivity index (χ1v) is 5.84. The molecule has 0 aliphatic carbocycles. The van der Waals surface area contributed by atoms with Crippen molar-refractivity contribution in [2.45, 2.75) is 6.92 Å². The number of pyridine rings is 1. The van der Waals surface area contributed by atoms with Gasteiger partial charge in [-0.2, -0.15) is 0 Å². The van der Waals surface area contributed by atoms with Gasteiger partial charge in [-0.15, -0.1) is 0 Å². The van der Waals surface area contributed by atoms with Crippen molar-refractivity contribution in [3.63, 3.8) is 0 Å². The molecule has 0 spiro atoms. The standard InChI is InChI=1S/C13H11ClFN3O/c1-7-5-8(6-11(16)17-7)13(19)18-10-4-2-3-9(14)12(10)15/h2-6H,1H3,(H2,16,17)(H,18,19). The summed E-state index contributed by atoms with van der Waals surface area (Å²) in [5, 5.41) is 2.39. The van der Waals surface area contributed by atoms with E-state index in [9.17, 15) is 9.18 Å². The van der Waals surface area contributed by atoms with Crippen molar-refractivity contribution in [2.75, 3.05) is 11.1 Å². The Morgan fingerprint density at radius 2 is 2.16 bits per heavy atom. The van der Waals surface area contributed by atoms with Crippen molar-refractivity contribution in [1.29, 1.82) is 0 Å². The van der Waals surface area contributed by atoms with Crippen LogP contribution >= 0.6 is 11.6 Å². The van der Waals surface area contributed by atoms with Gasteiger partial charge in [-0.25, -0.2) is 9.37 Å². The normalized spacial score (nSPS) is 10.3. The third kappa shape index (κ3) is 3.00. The third-order valence-corrected chi connectivity index (χ3v) is 2.73. The number of carbonyl (C=O) groups excluding carboxylic acids is 1. The van der Waals surface area contributed by atoms with Crippen molar-refractivity contribution in [3.05, 3.63) is 52.4 Å². The van der Waals surface area contributed by atoms with E-state index in [-0.39, 0.29) is 16.5 Å². The fourth-order valence-electron chi connectivity index (χ4n) is 1.62. The van der Waals surface area contributed by atoms with Gasteiger partial charge in [-0.05, 0) is 31.2 Å². The quantitative estimate of drug-likeness (QED) is 0.888. The molecule has 1 aromatic heterocycles. The molecule has 2 rings (SSSR count). The molecule has 0 aliphatic heterocycles. The number of carbonyl (C=O) groups is 1. The maximum Gasteiger partial charge on any atom is 0.255 e. The average molecular weight is 280 g/mol. The van der Waals surface area contributed by atoms with Crippen LogP contribution in [0.3, 0.4) is 0 Å². The SMILES string of the molecule is Cc1cc(C(=O)Nc2cccc(Cl)c2F)cc(N)n1. The van der Waals surface area contributed by atoms with Crippen LogP contribution in [0, 0.1) is 12.7 Å². The first-order chi connectivity index (χ1) is 8.97. The molecule has 0 unspecified atom stereocenters. The number of nitrogens with zero attached hydrogens (tertiary/aromatic N) is 1. The van der Waals surface area contributed by atoms with E-state index in [1.165, 1.54) is 18.2 Å². The molecule has 0 aliphatic rings. The second kappa shape index (κ2) is 5.24. The summed E-state index contributed by atoms with van der Waals surface area (Å²) in [7, 11) is 0. The molecule has 3 N–H and O–H groups in total. The summed E-state index contributed by atoms with van der Waals surface area (Å²) in [5.41, 5.74) is 6.50. The number of nitrogen functional groups attached to an aromatic ring is 1. The highest BCUT2D eigenvalue weighted by Gasteiger charge is 2.12. The van der Waals surface area contributed by atoms with Crippen molar-refractivity contribution in [1.82, 2.24) is 4.98 Å². The fraction of sp³-hybridized carbons (Fsp3) is 0.0769. The second-order valence-corrected chi connectivity index (χ2v) is 4.38. The molecule has 0 saturated carbocycles. The summed E-state index contributed by atoms with van der Waals surface area (Å²) in [6.07, 6.45) is 0. The van der Waals surface area contributed by atoms with Crippen molar-refractivity contribution in [3.8, 4) is 0 Å². The monoisotopic (exact) mass is 279 g/mol. The number of hydrogen-bond acceptors (Lipinski definition) is 3. The summed E-state index contributed by atoms with van der Waals surface area (Å²) in [6.45, 7) is 1.72. The zero-order valence-electron chi connectivity index (χ0n) is 10.1. The van der Waals surface area contributed by atoms with Crippen LogP contribution in [-0.4, -0.2) is 10.9 Å². The fourth-order valence-corrected chi connectivity index (χ4v) is 1.79. The largest absolute Gasteiger partial charge is 0.384 e. The Kier molecular flexibility index (Phi) is 3.66. The highest BCUT2D eigenvalue weighted by Crippen LogP contribution is 2.22. The lowest BCUT2D eigenvalue weighted by atomic mass is 10.2. The topological polar surface area (TPSA) is 68.0 Å². The van der Waals surface area contributed by atoms with E-state index in [4.69, 9.17) is 17.3 Å². The number of aryl methyl sites for hydroxylation is 1. The first kappa shape index (κ1) is 13.3. The molecule has 98 valence electrons. The Hall–Kier alpha value is -2.14. The number of halogens is 2. The van der Waals surface area contributed by atoms with Crippen LogP contribution in [0.2, 0.25) is 5.02 Å². The molecule has 2 aromatic rings. The molecular formula is C13H11ClFN3O. The predicted molar refractivity (Wildman–Crippen MR) is 72.7 cm³/mol.